The van der Waals surface area contributed by atoms with Crippen LogP contribution in [-0.4, -0.2) is 23.7 Å². The van der Waals surface area contributed by atoms with Gasteiger partial charge in [-0.1, -0.05) is 18.2 Å². The molecule has 2 N–H and O–H groups in total. The van der Waals surface area contributed by atoms with E-state index in [9.17, 15) is 4.79 Å². The van der Waals surface area contributed by atoms with E-state index < -0.39 is 17.6 Å². The lowest BCUT2D eigenvalue weighted by molar-refractivity contribution is -0.158. The summed E-state index contributed by atoms with van der Waals surface area (Å²) in [6, 6.07) is 6.97. The monoisotopic (exact) mass is 249 g/mol. The van der Waals surface area contributed by atoms with E-state index in [1.807, 2.05) is 45.0 Å². The van der Waals surface area contributed by atoms with E-state index in [0.717, 1.165) is 11.3 Å². The van der Waals surface area contributed by atoms with Crippen LogP contribution in [0.1, 0.15) is 26.3 Å². The number of hydrogen-bond donors (Lipinski definition) is 1. The first-order chi connectivity index (χ1) is 8.37. The minimum absolute atomic E-state index is 0.336. The molecule has 1 aliphatic heterocycles. The Balaban J connectivity index is 2.01. The van der Waals surface area contributed by atoms with Crippen LogP contribution in [-0.2, 0) is 16.0 Å². The average molecular weight is 249 g/mol. The van der Waals surface area contributed by atoms with Gasteiger partial charge >= 0.3 is 5.97 Å². The number of fused-ring (bicyclic) bond motifs is 1. The summed E-state index contributed by atoms with van der Waals surface area (Å²) < 4.78 is 10.9. The first kappa shape index (κ1) is 12.9. The maximum Gasteiger partial charge on any atom is 0.327 e. The maximum atomic E-state index is 11.9. The minimum Gasteiger partial charge on any atom is -0.488 e. The molecule has 0 saturated heterocycles. The Labute approximate surface area is 107 Å². The van der Waals surface area contributed by atoms with Crippen LogP contribution in [0.3, 0.4) is 0 Å². The van der Waals surface area contributed by atoms with E-state index in [1.54, 1.807) is 0 Å². The van der Waals surface area contributed by atoms with E-state index in [1.165, 1.54) is 0 Å². The van der Waals surface area contributed by atoms with Gasteiger partial charge in [-0.15, -0.1) is 0 Å². The molecular formula is C14H19NO3. The van der Waals surface area contributed by atoms with Crippen LogP contribution in [0.2, 0.25) is 0 Å². The molecule has 2 atom stereocenters. The van der Waals surface area contributed by atoms with Crippen molar-refractivity contribution in [1.82, 2.24) is 0 Å². The molecule has 1 aromatic rings. The van der Waals surface area contributed by atoms with Crippen LogP contribution < -0.4 is 10.5 Å². The topological polar surface area (TPSA) is 61.5 Å². The van der Waals surface area contributed by atoms with E-state index >= 15 is 0 Å². The van der Waals surface area contributed by atoms with Gasteiger partial charge < -0.3 is 15.2 Å². The van der Waals surface area contributed by atoms with Crippen molar-refractivity contribution in [3.05, 3.63) is 29.8 Å². The molecule has 4 nitrogen and oxygen atoms in total. The van der Waals surface area contributed by atoms with Gasteiger partial charge in [0.15, 0.2) is 0 Å². The van der Waals surface area contributed by atoms with Gasteiger partial charge in [0, 0.05) is 6.42 Å². The zero-order valence-corrected chi connectivity index (χ0v) is 11.0. The van der Waals surface area contributed by atoms with Crippen LogP contribution in [0.25, 0.3) is 0 Å². The fraction of sp³-hybridized carbons (Fsp3) is 0.500. The lowest BCUT2D eigenvalue weighted by Gasteiger charge is -2.24. The fourth-order valence-electron chi connectivity index (χ4n) is 1.93. The van der Waals surface area contributed by atoms with Gasteiger partial charge in [0.1, 0.15) is 23.5 Å². The summed E-state index contributed by atoms with van der Waals surface area (Å²) in [5.74, 6) is 0.391. The Hall–Kier alpha value is -1.55. The van der Waals surface area contributed by atoms with Gasteiger partial charge in [0.05, 0.1) is 0 Å². The van der Waals surface area contributed by atoms with E-state index in [4.69, 9.17) is 15.2 Å². The van der Waals surface area contributed by atoms with Crippen LogP contribution >= 0.6 is 0 Å². The maximum absolute atomic E-state index is 11.9. The fourth-order valence-corrected chi connectivity index (χ4v) is 1.93. The molecule has 0 bridgehead atoms. The van der Waals surface area contributed by atoms with Crippen molar-refractivity contribution in [3.8, 4) is 5.75 Å². The van der Waals surface area contributed by atoms with Crippen LogP contribution in [0.15, 0.2) is 24.3 Å². The number of hydrogen-bond acceptors (Lipinski definition) is 4. The molecule has 0 aliphatic carbocycles. The summed E-state index contributed by atoms with van der Waals surface area (Å²) in [6.45, 7) is 5.46. The highest BCUT2D eigenvalue weighted by molar-refractivity contribution is 5.77. The molecule has 0 fully saturated rings. The van der Waals surface area contributed by atoms with Crippen LogP contribution in [0.5, 0.6) is 5.75 Å². The van der Waals surface area contributed by atoms with E-state index in [0.29, 0.717) is 6.42 Å². The summed E-state index contributed by atoms with van der Waals surface area (Å²) in [7, 11) is 0. The Morgan fingerprint density at radius 3 is 2.72 bits per heavy atom. The number of rotatable bonds is 2. The molecule has 0 amide bonds. The molecule has 1 aromatic carbocycles. The molecule has 2 rings (SSSR count). The number of nitrogens with two attached hydrogens (primary N) is 1. The van der Waals surface area contributed by atoms with Gasteiger partial charge in [0.2, 0.25) is 0 Å². The average Bonchev–Trinajstić information content (AvgIpc) is 2.68. The Kier molecular flexibility index (Phi) is 3.30. The summed E-state index contributed by atoms with van der Waals surface area (Å²) >= 11 is 0. The van der Waals surface area contributed by atoms with Crippen molar-refractivity contribution >= 4 is 5.97 Å². The van der Waals surface area contributed by atoms with Crippen molar-refractivity contribution in [2.75, 3.05) is 0 Å². The van der Waals surface area contributed by atoms with Gasteiger partial charge in [-0.05, 0) is 32.4 Å². The van der Waals surface area contributed by atoms with Crippen LogP contribution in [0.4, 0.5) is 0 Å². The highest BCUT2D eigenvalue weighted by Crippen LogP contribution is 2.29. The molecule has 0 spiro atoms. The zero-order valence-electron chi connectivity index (χ0n) is 11.0. The normalized spacial score (nSPS) is 19.9. The largest absolute Gasteiger partial charge is 0.488 e. The standard InChI is InChI=1S/C14H19NO3/c1-14(2,3)18-13(16)12(15)11-8-9-6-4-5-7-10(9)17-11/h4-7,11-12H,8,15H2,1-3H3. The molecule has 0 saturated carbocycles. The molecule has 18 heavy (non-hydrogen) atoms. The van der Waals surface area contributed by atoms with Crippen molar-refractivity contribution < 1.29 is 14.3 Å². The molecule has 4 heteroatoms. The number of esters is 1. The molecule has 98 valence electrons. The second-order valence-electron chi connectivity index (χ2n) is 5.53. The molecule has 1 aliphatic rings. The summed E-state index contributed by atoms with van der Waals surface area (Å²) in [4.78, 5) is 11.9. The van der Waals surface area contributed by atoms with Crippen molar-refractivity contribution in [3.63, 3.8) is 0 Å². The SMILES string of the molecule is CC(C)(C)OC(=O)C(N)C1Cc2ccccc2O1. The Morgan fingerprint density at radius 1 is 1.44 bits per heavy atom. The number of carbonyl (C=O) groups excluding carboxylic acids is 1. The molecule has 0 aromatic heterocycles. The second-order valence-corrected chi connectivity index (χ2v) is 5.53. The van der Waals surface area contributed by atoms with Crippen molar-refractivity contribution in [1.29, 1.82) is 0 Å². The highest BCUT2D eigenvalue weighted by atomic mass is 16.6. The van der Waals surface area contributed by atoms with Gasteiger partial charge in [-0.3, -0.25) is 4.79 Å². The first-order valence-electron chi connectivity index (χ1n) is 6.10. The summed E-state index contributed by atoms with van der Waals surface area (Å²) in [6.07, 6.45) is 0.314. The molecule has 2 unspecified atom stereocenters. The Bertz CT molecular complexity index is 426. The molecule has 1 heterocycles. The third-order valence-electron chi connectivity index (χ3n) is 2.75. The highest BCUT2D eigenvalue weighted by Gasteiger charge is 2.34. The number of para-hydroxylation sites is 1. The zero-order chi connectivity index (χ0) is 13.3. The molecular weight excluding hydrogens is 230 g/mol. The summed E-state index contributed by atoms with van der Waals surface area (Å²) in [5, 5.41) is 0. The smallest absolute Gasteiger partial charge is 0.327 e. The number of ether oxygens (including phenoxy) is 2. The quantitative estimate of drug-likeness (QED) is 0.810. The molecule has 0 radical (unpaired) electrons. The van der Waals surface area contributed by atoms with Gasteiger partial charge in [-0.25, -0.2) is 0 Å². The number of benzene rings is 1. The van der Waals surface area contributed by atoms with E-state index in [2.05, 4.69) is 0 Å². The minimum atomic E-state index is -0.753. The third kappa shape index (κ3) is 2.82. The third-order valence-corrected chi connectivity index (χ3v) is 2.75. The lowest BCUT2D eigenvalue weighted by Crippen LogP contribution is -2.47. The predicted octanol–water partition coefficient (Wildman–Crippen LogP) is 1.66. The van der Waals surface area contributed by atoms with Crippen LogP contribution in [0, 0.1) is 0 Å². The van der Waals surface area contributed by atoms with Gasteiger partial charge in [-0.2, -0.15) is 0 Å². The lowest BCUT2D eigenvalue weighted by atomic mass is 10.0. The van der Waals surface area contributed by atoms with Crippen molar-refractivity contribution in [2.45, 2.75) is 44.9 Å². The Morgan fingerprint density at radius 2 is 2.11 bits per heavy atom. The van der Waals surface area contributed by atoms with E-state index in [-0.39, 0.29) is 6.10 Å². The first-order valence-corrected chi connectivity index (χ1v) is 6.10. The predicted molar refractivity (Wildman–Crippen MR) is 68.4 cm³/mol. The summed E-state index contributed by atoms with van der Waals surface area (Å²) in [5.41, 5.74) is 6.47. The van der Waals surface area contributed by atoms with Crippen molar-refractivity contribution in [2.24, 2.45) is 5.73 Å². The number of carbonyl (C=O) groups is 1. The van der Waals surface area contributed by atoms with Gasteiger partial charge in [0.25, 0.3) is 0 Å². The second kappa shape index (κ2) is 4.61.